The first-order chi connectivity index (χ1) is 9.77. The lowest BCUT2D eigenvalue weighted by atomic mass is 9.72. The monoisotopic (exact) mass is 273 g/mol. The van der Waals surface area contributed by atoms with Crippen LogP contribution in [0.2, 0.25) is 0 Å². The highest BCUT2D eigenvalue weighted by Crippen LogP contribution is 2.47. The van der Waals surface area contributed by atoms with Crippen molar-refractivity contribution in [2.24, 2.45) is 4.99 Å². The maximum Gasteiger partial charge on any atom is 0.235 e. The van der Waals surface area contributed by atoms with Crippen LogP contribution in [0.4, 0.5) is 0 Å². The fourth-order valence-corrected chi connectivity index (χ4v) is 2.79. The van der Waals surface area contributed by atoms with Crippen molar-refractivity contribution in [2.45, 2.75) is 50.2 Å². The van der Waals surface area contributed by atoms with Crippen LogP contribution in [0, 0.1) is 0 Å². The number of rotatable bonds is 5. The highest BCUT2D eigenvalue weighted by molar-refractivity contribution is 5.47. The Morgan fingerprint density at radius 2 is 2.05 bits per heavy atom. The lowest BCUT2D eigenvalue weighted by Crippen LogP contribution is -2.32. The van der Waals surface area contributed by atoms with Crippen molar-refractivity contribution in [3.63, 3.8) is 0 Å². The average Bonchev–Trinajstić information content (AvgIpc) is 2.38. The fourth-order valence-electron chi connectivity index (χ4n) is 2.79. The number of aliphatic imine (C=N–C) groups is 1. The van der Waals surface area contributed by atoms with Gasteiger partial charge in [-0.2, -0.15) is 4.99 Å². The molecule has 3 rings (SSSR count). The zero-order valence-electron chi connectivity index (χ0n) is 11.7. The Morgan fingerprint density at radius 3 is 2.55 bits per heavy atom. The second kappa shape index (κ2) is 5.29. The molecule has 0 saturated heterocycles. The Balaban J connectivity index is 1.87. The third-order valence-corrected chi connectivity index (χ3v) is 4.49. The second-order valence-electron chi connectivity index (χ2n) is 5.62. The highest BCUT2D eigenvalue weighted by Gasteiger charge is 2.39. The molecule has 1 aromatic rings. The summed E-state index contributed by atoms with van der Waals surface area (Å²) in [5.41, 5.74) is 0.634. The third-order valence-electron chi connectivity index (χ3n) is 4.49. The minimum atomic E-state index is -0.385. The van der Waals surface area contributed by atoms with Gasteiger partial charge < -0.3 is 9.47 Å². The van der Waals surface area contributed by atoms with Crippen LogP contribution in [0.5, 0.6) is 11.5 Å². The number of ether oxygens (including phenoxy) is 2. The largest absolute Gasteiger partial charge is 0.493 e. The van der Waals surface area contributed by atoms with E-state index >= 15 is 0 Å². The Bertz CT molecular complexity index is 541. The summed E-state index contributed by atoms with van der Waals surface area (Å²) in [6, 6.07) is 5.89. The van der Waals surface area contributed by atoms with Gasteiger partial charge in [-0.15, -0.1) is 0 Å². The van der Waals surface area contributed by atoms with E-state index in [2.05, 4.69) is 4.99 Å². The van der Waals surface area contributed by atoms with Gasteiger partial charge >= 0.3 is 0 Å². The van der Waals surface area contributed by atoms with Crippen molar-refractivity contribution in [3.05, 3.63) is 23.8 Å². The van der Waals surface area contributed by atoms with Crippen LogP contribution in [0.3, 0.4) is 0 Å². The quantitative estimate of drug-likeness (QED) is 0.610. The predicted molar refractivity (Wildman–Crippen MR) is 74.9 cm³/mol. The van der Waals surface area contributed by atoms with Crippen molar-refractivity contribution >= 4 is 6.08 Å². The van der Waals surface area contributed by atoms with Gasteiger partial charge in [0, 0.05) is 0 Å². The number of isocyanates is 1. The van der Waals surface area contributed by atoms with Gasteiger partial charge in [-0.3, -0.25) is 0 Å². The molecule has 0 unspecified atom stereocenters. The van der Waals surface area contributed by atoms with Crippen LogP contribution in [0.25, 0.3) is 0 Å². The smallest absolute Gasteiger partial charge is 0.235 e. The van der Waals surface area contributed by atoms with Gasteiger partial charge in [-0.05, 0) is 56.2 Å². The van der Waals surface area contributed by atoms with Gasteiger partial charge in [-0.25, -0.2) is 4.79 Å². The molecule has 0 amide bonds. The molecule has 4 heteroatoms. The van der Waals surface area contributed by atoms with Gasteiger partial charge in [-0.1, -0.05) is 6.07 Å². The first-order valence-electron chi connectivity index (χ1n) is 7.22. The summed E-state index contributed by atoms with van der Waals surface area (Å²) in [6.07, 6.45) is 8.39. The van der Waals surface area contributed by atoms with Crippen molar-refractivity contribution in [1.82, 2.24) is 0 Å². The van der Waals surface area contributed by atoms with Crippen LogP contribution in [-0.4, -0.2) is 19.3 Å². The third kappa shape index (κ3) is 2.20. The number of nitrogens with zero attached hydrogens (tertiary/aromatic N) is 1. The summed E-state index contributed by atoms with van der Waals surface area (Å²) in [7, 11) is 1.64. The lowest BCUT2D eigenvalue weighted by molar-refractivity contribution is 0.116. The van der Waals surface area contributed by atoms with E-state index in [-0.39, 0.29) is 5.54 Å². The standard InChI is InChI=1S/C16H19NO3/c1-19-15-10-12(16(17-11-18)8-3-9-16)6-7-14(15)20-13-4-2-5-13/h6-7,10,13H,2-5,8-9H2,1H3. The number of hydrogen-bond donors (Lipinski definition) is 0. The van der Waals surface area contributed by atoms with Crippen LogP contribution < -0.4 is 9.47 Å². The molecule has 4 nitrogen and oxygen atoms in total. The SMILES string of the molecule is COc1cc(C2(N=C=O)CCC2)ccc1OC1CCC1. The van der Waals surface area contributed by atoms with Gasteiger partial charge in [0.05, 0.1) is 18.8 Å². The lowest BCUT2D eigenvalue weighted by Gasteiger charge is -2.37. The van der Waals surface area contributed by atoms with Crippen LogP contribution in [-0.2, 0) is 10.3 Å². The highest BCUT2D eigenvalue weighted by atomic mass is 16.5. The minimum Gasteiger partial charge on any atom is -0.493 e. The number of methoxy groups -OCH3 is 1. The van der Waals surface area contributed by atoms with Crippen LogP contribution in [0.1, 0.15) is 44.1 Å². The number of benzene rings is 1. The molecule has 0 radical (unpaired) electrons. The minimum absolute atomic E-state index is 0.320. The molecule has 2 aliphatic carbocycles. The second-order valence-corrected chi connectivity index (χ2v) is 5.62. The van der Waals surface area contributed by atoms with Crippen molar-refractivity contribution in [2.75, 3.05) is 7.11 Å². The molecule has 0 bridgehead atoms. The van der Waals surface area contributed by atoms with Crippen molar-refractivity contribution < 1.29 is 14.3 Å². The molecule has 0 spiro atoms. The van der Waals surface area contributed by atoms with Gasteiger partial charge in [0.25, 0.3) is 0 Å². The summed E-state index contributed by atoms with van der Waals surface area (Å²) >= 11 is 0. The Labute approximate surface area is 118 Å². The summed E-state index contributed by atoms with van der Waals surface area (Å²) in [5.74, 6) is 1.51. The average molecular weight is 273 g/mol. The maximum atomic E-state index is 10.7. The van der Waals surface area contributed by atoms with Gasteiger partial charge in [0.1, 0.15) is 0 Å². The molecule has 0 aliphatic heterocycles. The molecule has 1 aromatic carbocycles. The molecular formula is C16H19NO3. The summed E-state index contributed by atoms with van der Waals surface area (Å²) in [6.45, 7) is 0. The molecular weight excluding hydrogens is 254 g/mol. The van der Waals surface area contributed by atoms with Crippen LogP contribution in [0.15, 0.2) is 23.2 Å². The van der Waals surface area contributed by atoms with E-state index in [4.69, 9.17) is 9.47 Å². The maximum absolute atomic E-state index is 10.7. The first-order valence-corrected chi connectivity index (χ1v) is 7.22. The zero-order chi connectivity index (χ0) is 14.0. The van der Waals surface area contributed by atoms with E-state index in [1.165, 1.54) is 6.42 Å². The Kier molecular flexibility index (Phi) is 3.49. The van der Waals surface area contributed by atoms with Gasteiger partial charge in [0.2, 0.25) is 6.08 Å². The topological polar surface area (TPSA) is 47.9 Å². The van der Waals surface area contributed by atoms with E-state index in [1.54, 1.807) is 13.2 Å². The van der Waals surface area contributed by atoms with E-state index < -0.39 is 0 Å². The summed E-state index contributed by atoms with van der Waals surface area (Å²) in [4.78, 5) is 14.7. The summed E-state index contributed by atoms with van der Waals surface area (Å²) < 4.78 is 11.4. The predicted octanol–water partition coefficient (Wildman–Crippen LogP) is 3.34. The molecule has 20 heavy (non-hydrogen) atoms. The molecule has 0 aromatic heterocycles. The van der Waals surface area contributed by atoms with E-state index in [0.717, 1.165) is 49.2 Å². The molecule has 2 fully saturated rings. The fraction of sp³-hybridized carbons (Fsp3) is 0.562. The van der Waals surface area contributed by atoms with Crippen molar-refractivity contribution in [1.29, 1.82) is 0 Å². The number of carbonyl (C=O) groups excluding carboxylic acids is 1. The Morgan fingerprint density at radius 1 is 1.25 bits per heavy atom. The van der Waals surface area contributed by atoms with E-state index in [0.29, 0.717) is 6.10 Å². The zero-order valence-corrected chi connectivity index (χ0v) is 11.7. The molecule has 0 N–H and O–H groups in total. The van der Waals surface area contributed by atoms with E-state index in [1.807, 2.05) is 18.2 Å². The Hall–Kier alpha value is -1.80. The summed E-state index contributed by atoms with van der Waals surface area (Å²) in [5, 5.41) is 0. The molecule has 0 heterocycles. The molecule has 0 atom stereocenters. The van der Waals surface area contributed by atoms with Gasteiger partial charge in [0.15, 0.2) is 11.5 Å². The normalized spacial score (nSPS) is 20.2. The van der Waals surface area contributed by atoms with Crippen LogP contribution >= 0.6 is 0 Å². The van der Waals surface area contributed by atoms with E-state index in [9.17, 15) is 4.79 Å². The molecule has 2 aliphatic rings. The molecule has 106 valence electrons. The van der Waals surface area contributed by atoms with Crippen molar-refractivity contribution in [3.8, 4) is 11.5 Å². The first kappa shape index (κ1) is 13.2. The number of hydrogen-bond acceptors (Lipinski definition) is 4. The molecule has 2 saturated carbocycles.